The first-order valence-corrected chi connectivity index (χ1v) is 9.60. The molecule has 0 unspecified atom stereocenters. The van der Waals surface area contributed by atoms with Crippen molar-refractivity contribution in [2.24, 2.45) is 5.92 Å². The number of aromatic nitrogens is 2. The second kappa shape index (κ2) is 8.12. The molecule has 0 spiro atoms. The number of hydrogen-bond donors (Lipinski definition) is 2. The number of amides is 2. The zero-order valence-corrected chi connectivity index (χ0v) is 15.9. The SMILES string of the molecule is CC(=O)NS(=O)(=O)c1ccc(NC(=O)c2ccc(=O)n(CC(C)C)n2)cc1. The van der Waals surface area contributed by atoms with E-state index in [1.54, 1.807) is 0 Å². The van der Waals surface area contributed by atoms with Crippen LogP contribution in [0.3, 0.4) is 0 Å². The van der Waals surface area contributed by atoms with Gasteiger partial charge in [0, 0.05) is 25.2 Å². The zero-order chi connectivity index (χ0) is 20.2. The third-order valence-corrected chi connectivity index (χ3v) is 4.79. The largest absolute Gasteiger partial charge is 0.321 e. The van der Waals surface area contributed by atoms with Gasteiger partial charge in [-0.25, -0.2) is 17.8 Å². The van der Waals surface area contributed by atoms with E-state index in [0.29, 0.717) is 12.2 Å². The Kier molecular flexibility index (Phi) is 6.11. The molecule has 9 nitrogen and oxygen atoms in total. The summed E-state index contributed by atoms with van der Waals surface area (Å²) in [5, 5.41) is 6.63. The summed E-state index contributed by atoms with van der Waals surface area (Å²) < 4.78 is 26.9. The van der Waals surface area contributed by atoms with Gasteiger partial charge in [-0.1, -0.05) is 13.8 Å². The third-order valence-electron chi connectivity index (χ3n) is 3.34. The second-order valence-electron chi connectivity index (χ2n) is 6.27. The lowest BCUT2D eigenvalue weighted by atomic mass is 10.2. The molecule has 2 N–H and O–H groups in total. The van der Waals surface area contributed by atoms with Crippen LogP contribution in [0.25, 0.3) is 0 Å². The van der Waals surface area contributed by atoms with Crippen molar-refractivity contribution in [1.29, 1.82) is 0 Å². The maximum atomic E-state index is 12.3. The number of nitrogens with one attached hydrogen (secondary N) is 2. The first kappa shape index (κ1) is 20.3. The molecule has 2 aromatic rings. The van der Waals surface area contributed by atoms with Crippen LogP contribution >= 0.6 is 0 Å². The predicted molar refractivity (Wildman–Crippen MR) is 98.7 cm³/mol. The van der Waals surface area contributed by atoms with Gasteiger partial charge < -0.3 is 5.32 Å². The molecule has 2 rings (SSSR count). The molecule has 0 aliphatic carbocycles. The van der Waals surface area contributed by atoms with Crippen LogP contribution in [0.5, 0.6) is 0 Å². The zero-order valence-electron chi connectivity index (χ0n) is 15.1. The summed E-state index contributed by atoms with van der Waals surface area (Å²) in [6, 6.07) is 7.88. The van der Waals surface area contributed by atoms with E-state index in [1.807, 2.05) is 18.6 Å². The molecule has 0 fully saturated rings. The average molecular weight is 392 g/mol. The molecule has 144 valence electrons. The van der Waals surface area contributed by atoms with Gasteiger partial charge >= 0.3 is 0 Å². The Balaban J connectivity index is 2.17. The standard InChI is InChI=1S/C17H20N4O5S/c1-11(2)10-21-16(23)9-8-15(19-21)17(24)18-13-4-6-14(7-5-13)27(25,26)20-12(3)22/h4-9,11H,10H2,1-3H3,(H,18,24)(H,20,22). The normalized spacial score (nSPS) is 11.3. The summed E-state index contributed by atoms with van der Waals surface area (Å²) in [4.78, 5) is 34.9. The lowest BCUT2D eigenvalue weighted by Gasteiger charge is -2.10. The number of nitrogens with zero attached hydrogens (tertiary/aromatic N) is 2. The molecule has 0 radical (unpaired) electrons. The molecule has 0 aliphatic rings. The topological polar surface area (TPSA) is 127 Å². The van der Waals surface area contributed by atoms with Crippen molar-refractivity contribution >= 4 is 27.5 Å². The van der Waals surface area contributed by atoms with Crippen LogP contribution in [-0.4, -0.2) is 30.0 Å². The number of sulfonamides is 1. The Morgan fingerprint density at radius 1 is 1.11 bits per heavy atom. The Morgan fingerprint density at radius 2 is 1.74 bits per heavy atom. The number of carbonyl (C=O) groups excluding carboxylic acids is 2. The van der Waals surface area contributed by atoms with E-state index < -0.39 is 21.8 Å². The quantitative estimate of drug-likeness (QED) is 0.754. The molecule has 27 heavy (non-hydrogen) atoms. The molecule has 10 heteroatoms. The highest BCUT2D eigenvalue weighted by Crippen LogP contribution is 2.14. The van der Waals surface area contributed by atoms with E-state index >= 15 is 0 Å². The lowest BCUT2D eigenvalue weighted by molar-refractivity contribution is -0.117. The molecule has 1 heterocycles. The first-order chi connectivity index (χ1) is 12.6. The maximum absolute atomic E-state index is 12.3. The molecule has 1 aromatic carbocycles. The van der Waals surface area contributed by atoms with E-state index in [0.717, 1.165) is 6.92 Å². The van der Waals surface area contributed by atoms with Crippen molar-refractivity contribution in [2.45, 2.75) is 32.2 Å². The molecule has 1 aromatic heterocycles. The van der Waals surface area contributed by atoms with Gasteiger partial charge in [0.05, 0.1) is 4.90 Å². The molecular weight excluding hydrogens is 372 g/mol. The van der Waals surface area contributed by atoms with Gasteiger partial charge in [-0.05, 0) is 36.2 Å². The smallest absolute Gasteiger partial charge is 0.276 e. The van der Waals surface area contributed by atoms with Crippen LogP contribution in [0, 0.1) is 5.92 Å². The van der Waals surface area contributed by atoms with Crippen molar-refractivity contribution < 1.29 is 18.0 Å². The van der Waals surface area contributed by atoms with Crippen LogP contribution in [-0.2, 0) is 21.4 Å². The Hall–Kier alpha value is -3.01. The monoisotopic (exact) mass is 392 g/mol. The van der Waals surface area contributed by atoms with E-state index in [2.05, 4.69) is 10.4 Å². The molecular formula is C17H20N4O5S. The van der Waals surface area contributed by atoms with Gasteiger partial charge in [-0.3, -0.25) is 14.4 Å². The molecule has 0 saturated carbocycles. The Labute approximate surface area is 156 Å². The number of hydrogen-bond acceptors (Lipinski definition) is 6. The van der Waals surface area contributed by atoms with Crippen molar-refractivity contribution in [3.8, 4) is 0 Å². The number of carbonyl (C=O) groups is 2. The number of rotatable bonds is 6. The molecule has 0 atom stereocenters. The van der Waals surface area contributed by atoms with E-state index in [9.17, 15) is 22.8 Å². The van der Waals surface area contributed by atoms with E-state index in [4.69, 9.17) is 0 Å². The molecule has 2 amide bonds. The molecule has 0 aliphatic heterocycles. The first-order valence-electron chi connectivity index (χ1n) is 8.11. The van der Waals surface area contributed by atoms with Crippen LogP contribution in [0.2, 0.25) is 0 Å². The van der Waals surface area contributed by atoms with Crippen molar-refractivity contribution in [3.05, 3.63) is 52.4 Å². The summed E-state index contributed by atoms with van der Waals surface area (Å²) in [6.45, 7) is 5.34. The lowest BCUT2D eigenvalue weighted by Crippen LogP contribution is -2.28. The van der Waals surface area contributed by atoms with Gasteiger partial charge in [0.25, 0.3) is 21.5 Å². The second-order valence-corrected chi connectivity index (χ2v) is 7.96. The summed E-state index contributed by atoms with van der Waals surface area (Å²) in [5.74, 6) is -1.05. The fraction of sp³-hybridized carbons (Fsp3) is 0.294. The van der Waals surface area contributed by atoms with Gasteiger partial charge in [0.2, 0.25) is 5.91 Å². The van der Waals surface area contributed by atoms with Gasteiger partial charge in [-0.2, -0.15) is 5.10 Å². The fourth-order valence-corrected chi connectivity index (χ4v) is 3.20. The number of anilines is 1. The van der Waals surface area contributed by atoms with Crippen LogP contribution in [0.1, 0.15) is 31.3 Å². The van der Waals surface area contributed by atoms with E-state index in [1.165, 1.54) is 41.1 Å². The summed E-state index contributed by atoms with van der Waals surface area (Å²) in [5.41, 5.74) is 0.100. The average Bonchev–Trinajstić information content (AvgIpc) is 2.55. The van der Waals surface area contributed by atoms with Gasteiger partial charge in [-0.15, -0.1) is 0 Å². The minimum Gasteiger partial charge on any atom is -0.321 e. The highest BCUT2D eigenvalue weighted by atomic mass is 32.2. The predicted octanol–water partition coefficient (Wildman–Crippen LogP) is 0.976. The maximum Gasteiger partial charge on any atom is 0.276 e. The van der Waals surface area contributed by atoms with Gasteiger partial charge in [0.1, 0.15) is 5.69 Å². The highest BCUT2D eigenvalue weighted by molar-refractivity contribution is 7.90. The van der Waals surface area contributed by atoms with E-state index in [-0.39, 0.29) is 22.1 Å². The van der Waals surface area contributed by atoms with Crippen LogP contribution in [0.15, 0.2) is 46.1 Å². The van der Waals surface area contributed by atoms with Gasteiger partial charge in [0.15, 0.2) is 0 Å². The van der Waals surface area contributed by atoms with Crippen LogP contribution in [0.4, 0.5) is 5.69 Å². The summed E-state index contributed by atoms with van der Waals surface area (Å²) >= 11 is 0. The summed E-state index contributed by atoms with van der Waals surface area (Å²) in [6.07, 6.45) is 0. The number of benzene rings is 1. The fourth-order valence-electron chi connectivity index (χ4n) is 2.21. The van der Waals surface area contributed by atoms with Crippen molar-refractivity contribution in [3.63, 3.8) is 0 Å². The Bertz CT molecular complexity index is 1010. The highest BCUT2D eigenvalue weighted by Gasteiger charge is 2.16. The van der Waals surface area contributed by atoms with Crippen molar-refractivity contribution in [1.82, 2.24) is 14.5 Å². The molecule has 0 bridgehead atoms. The minimum absolute atomic E-state index is 0.0604. The molecule has 0 saturated heterocycles. The van der Waals surface area contributed by atoms with Crippen molar-refractivity contribution in [2.75, 3.05) is 5.32 Å². The minimum atomic E-state index is -3.94. The Morgan fingerprint density at radius 3 is 2.30 bits per heavy atom. The third kappa shape index (κ3) is 5.48. The summed E-state index contributed by atoms with van der Waals surface area (Å²) in [7, 11) is -3.94. The van der Waals surface area contributed by atoms with Crippen LogP contribution < -0.4 is 15.6 Å².